The number of hydrogen-bond acceptors (Lipinski definition) is 3. The first kappa shape index (κ1) is 13.1. The minimum atomic E-state index is 0.0574. The molecule has 2 saturated carbocycles. The van der Waals surface area contributed by atoms with Gasteiger partial charge in [-0.05, 0) is 56.4 Å². The maximum absolute atomic E-state index is 12.3. The van der Waals surface area contributed by atoms with E-state index in [9.17, 15) is 4.79 Å². The van der Waals surface area contributed by atoms with Gasteiger partial charge in [-0.2, -0.15) is 5.26 Å². The Morgan fingerprint density at radius 2 is 1.85 bits per heavy atom. The van der Waals surface area contributed by atoms with Crippen molar-refractivity contribution < 1.29 is 4.79 Å². The van der Waals surface area contributed by atoms with Gasteiger partial charge in [-0.3, -0.25) is 9.78 Å². The third kappa shape index (κ3) is 2.82. The number of pyridine rings is 1. The molecule has 0 unspecified atom stereocenters. The van der Waals surface area contributed by atoms with Gasteiger partial charge in [-0.15, -0.1) is 0 Å². The molecule has 2 aliphatic rings. The van der Waals surface area contributed by atoms with Gasteiger partial charge in [0.2, 0.25) is 5.91 Å². The fourth-order valence-corrected chi connectivity index (χ4v) is 3.25. The molecule has 2 fully saturated rings. The number of nitriles is 1. The zero-order valence-corrected chi connectivity index (χ0v) is 11.5. The molecule has 1 heterocycles. The predicted molar refractivity (Wildman–Crippen MR) is 75.8 cm³/mol. The maximum Gasteiger partial charge on any atom is 0.227 e. The average molecular weight is 269 g/mol. The zero-order valence-electron chi connectivity index (χ0n) is 11.5. The van der Waals surface area contributed by atoms with Gasteiger partial charge in [0, 0.05) is 18.3 Å². The number of anilines is 1. The van der Waals surface area contributed by atoms with Crippen molar-refractivity contribution in [2.45, 2.75) is 38.5 Å². The summed E-state index contributed by atoms with van der Waals surface area (Å²) >= 11 is 0. The zero-order chi connectivity index (χ0) is 13.9. The lowest BCUT2D eigenvalue weighted by atomic mass is 9.79. The summed E-state index contributed by atoms with van der Waals surface area (Å²) in [6.07, 6.45) is 10.2. The van der Waals surface area contributed by atoms with Crippen LogP contribution in [0.2, 0.25) is 0 Å². The largest absolute Gasteiger partial charge is 0.325 e. The van der Waals surface area contributed by atoms with Crippen molar-refractivity contribution in [2.24, 2.45) is 17.8 Å². The van der Waals surface area contributed by atoms with Crippen LogP contribution in [0.5, 0.6) is 0 Å². The normalized spacial score (nSPS) is 25.8. The van der Waals surface area contributed by atoms with Crippen LogP contribution in [0.4, 0.5) is 5.69 Å². The van der Waals surface area contributed by atoms with Crippen LogP contribution in [-0.2, 0) is 4.79 Å². The first-order valence-electron chi connectivity index (χ1n) is 7.43. The summed E-state index contributed by atoms with van der Waals surface area (Å²) in [4.78, 5) is 16.2. The molecule has 1 N–H and O–H groups in total. The Hall–Kier alpha value is -1.89. The number of nitrogens with one attached hydrogen (secondary N) is 1. The molecule has 0 radical (unpaired) electrons. The van der Waals surface area contributed by atoms with E-state index < -0.39 is 0 Å². The molecule has 1 amide bonds. The fourth-order valence-electron chi connectivity index (χ4n) is 3.25. The van der Waals surface area contributed by atoms with Crippen LogP contribution in [0.3, 0.4) is 0 Å². The molecule has 104 valence electrons. The fraction of sp³-hybridized carbons (Fsp3) is 0.562. The van der Waals surface area contributed by atoms with Crippen molar-refractivity contribution in [1.29, 1.82) is 5.26 Å². The molecule has 2 aliphatic carbocycles. The molecule has 0 spiro atoms. The van der Waals surface area contributed by atoms with Crippen molar-refractivity contribution in [2.75, 3.05) is 5.32 Å². The Morgan fingerprint density at radius 3 is 2.45 bits per heavy atom. The maximum atomic E-state index is 12.3. The predicted octanol–water partition coefficient (Wildman–Crippen LogP) is 3.11. The molecule has 0 bridgehead atoms. The van der Waals surface area contributed by atoms with Gasteiger partial charge in [0.1, 0.15) is 6.07 Å². The van der Waals surface area contributed by atoms with E-state index in [1.165, 1.54) is 31.9 Å². The van der Waals surface area contributed by atoms with Crippen molar-refractivity contribution in [3.8, 4) is 6.07 Å². The Morgan fingerprint density at radius 1 is 1.20 bits per heavy atom. The summed E-state index contributed by atoms with van der Waals surface area (Å²) in [5.74, 6) is 1.96. The van der Waals surface area contributed by atoms with E-state index >= 15 is 0 Å². The molecule has 0 saturated heterocycles. The highest BCUT2D eigenvalue weighted by atomic mass is 16.1. The van der Waals surface area contributed by atoms with E-state index in [0.29, 0.717) is 11.3 Å². The van der Waals surface area contributed by atoms with Crippen LogP contribution < -0.4 is 5.32 Å². The lowest BCUT2D eigenvalue weighted by molar-refractivity contribution is -0.121. The number of carbonyl (C=O) groups is 1. The van der Waals surface area contributed by atoms with Crippen LogP contribution in [0.25, 0.3) is 0 Å². The second-order valence-corrected chi connectivity index (χ2v) is 5.97. The summed E-state index contributed by atoms with van der Waals surface area (Å²) < 4.78 is 0. The van der Waals surface area contributed by atoms with E-state index in [1.807, 2.05) is 0 Å². The molecule has 1 aromatic rings. The van der Waals surface area contributed by atoms with Crippen LogP contribution in [-0.4, -0.2) is 10.9 Å². The van der Waals surface area contributed by atoms with Crippen molar-refractivity contribution in [3.63, 3.8) is 0 Å². The lowest BCUT2D eigenvalue weighted by Gasteiger charge is -2.27. The summed E-state index contributed by atoms with van der Waals surface area (Å²) in [7, 11) is 0. The lowest BCUT2D eigenvalue weighted by Crippen LogP contribution is -2.28. The monoisotopic (exact) mass is 269 g/mol. The summed E-state index contributed by atoms with van der Waals surface area (Å²) in [6.45, 7) is 0. The highest BCUT2D eigenvalue weighted by Gasteiger charge is 2.35. The van der Waals surface area contributed by atoms with Crippen LogP contribution in [0.15, 0.2) is 18.5 Å². The molecule has 3 rings (SSSR count). The van der Waals surface area contributed by atoms with E-state index in [0.717, 1.165) is 24.7 Å². The van der Waals surface area contributed by atoms with Gasteiger partial charge >= 0.3 is 0 Å². The quantitative estimate of drug-likeness (QED) is 0.916. The third-order valence-corrected chi connectivity index (χ3v) is 4.63. The smallest absolute Gasteiger partial charge is 0.227 e. The summed E-state index contributed by atoms with van der Waals surface area (Å²) in [5.41, 5.74) is 1.00. The van der Waals surface area contributed by atoms with Gasteiger partial charge in [0.15, 0.2) is 0 Å². The van der Waals surface area contributed by atoms with E-state index in [1.54, 1.807) is 12.3 Å². The molecule has 1 aromatic heterocycles. The average Bonchev–Trinajstić information content (AvgIpc) is 3.32. The Kier molecular flexibility index (Phi) is 3.68. The van der Waals surface area contributed by atoms with E-state index in [4.69, 9.17) is 5.26 Å². The van der Waals surface area contributed by atoms with Crippen LogP contribution >= 0.6 is 0 Å². The van der Waals surface area contributed by atoms with Gasteiger partial charge in [0.05, 0.1) is 11.3 Å². The molecule has 20 heavy (non-hydrogen) atoms. The van der Waals surface area contributed by atoms with Crippen LogP contribution in [0, 0.1) is 29.1 Å². The van der Waals surface area contributed by atoms with Gasteiger partial charge in [-0.25, -0.2) is 0 Å². The van der Waals surface area contributed by atoms with Crippen molar-refractivity contribution in [3.05, 3.63) is 24.0 Å². The highest BCUT2D eigenvalue weighted by molar-refractivity contribution is 5.93. The van der Waals surface area contributed by atoms with Gasteiger partial charge < -0.3 is 5.32 Å². The highest BCUT2D eigenvalue weighted by Crippen LogP contribution is 2.45. The third-order valence-electron chi connectivity index (χ3n) is 4.63. The first-order valence-corrected chi connectivity index (χ1v) is 7.43. The van der Waals surface area contributed by atoms with Crippen molar-refractivity contribution >= 4 is 11.6 Å². The van der Waals surface area contributed by atoms with Gasteiger partial charge in [-0.1, -0.05) is 0 Å². The van der Waals surface area contributed by atoms with Crippen molar-refractivity contribution in [1.82, 2.24) is 4.98 Å². The first-order chi connectivity index (χ1) is 9.78. The number of aromatic nitrogens is 1. The standard InChI is InChI=1S/C16H19N3O/c17-9-14-10-18-8-7-15(14)19-16(20)13-5-3-12(4-6-13)11-1-2-11/h7-8,10-13H,1-6H2,(H,18,19,20). The summed E-state index contributed by atoms with van der Waals surface area (Å²) in [6, 6.07) is 3.74. The number of amides is 1. The van der Waals surface area contributed by atoms with Gasteiger partial charge in [0.25, 0.3) is 0 Å². The Labute approximate surface area is 119 Å². The minimum absolute atomic E-state index is 0.0574. The van der Waals surface area contributed by atoms with E-state index in [2.05, 4.69) is 16.4 Å². The molecule has 0 aliphatic heterocycles. The Balaban J connectivity index is 1.58. The molecule has 0 atom stereocenters. The molecular formula is C16H19N3O. The molecule has 0 aromatic carbocycles. The molecule has 4 heteroatoms. The molecular weight excluding hydrogens is 250 g/mol. The topological polar surface area (TPSA) is 65.8 Å². The second kappa shape index (κ2) is 5.62. The summed E-state index contributed by atoms with van der Waals surface area (Å²) in [5, 5.41) is 11.9. The van der Waals surface area contributed by atoms with E-state index in [-0.39, 0.29) is 11.8 Å². The number of hydrogen-bond donors (Lipinski definition) is 1. The molecule has 4 nitrogen and oxygen atoms in total. The van der Waals surface area contributed by atoms with Crippen LogP contribution in [0.1, 0.15) is 44.1 Å². The number of rotatable bonds is 3. The minimum Gasteiger partial charge on any atom is -0.325 e. The second-order valence-electron chi connectivity index (χ2n) is 5.97. The number of nitrogens with zero attached hydrogens (tertiary/aromatic N) is 2. The number of carbonyl (C=O) groups excluding carboxylic acids is 1. The SMILES string of the molecule is N#Cc1cnccc1NC(=O)C1CCC(C2CC2)CC1. The Bertz CT molecular complexity index is 537.